The topological polar surface area (TPSA) is 126 Å². The summed E-state index contributed by atoms with van der Waals surface area (Å²) in [5, 5.41) is 19.0. The summed E-state index contributed by atoms with van der Waals surface area (Å²) in [6.45, 7) is 2.92. The second-order valence-electron chi connectivity index (χ2n) is 5.02. The maximum atomic E-state index is 12.0. The molecule has 0 radical (unpaired) electrons. The smallest absolute Gasteiger partial charge is 0.359 e. The van der Waals surface area contributed by atoms with Crippen molar-refractivity contribution in [2.75, 3.05) is 0 Å². The summed E-state index contributed by atoms with van der Waals surface area (Å²) in [5.41, 5.74) is 6.06. The van der Waals surface area contributed by atoms with Crippen molar-refractivity contribution in [1.82, 2.24) is 9.78 Å². The highest BCUT2D eigenvalue weighted by molar-refractivity contribution is 6.36. The summed E-state index contributed by atoms with van der Waals surface area (Å²) in [6.07, 6.45) is 1.14. The van der Waals surface area contributed by atoms with Gasteiger partial charge in [-0.1, -0.05) is 28.4 Å². The third kappa shape index (κ3) is 4.25. The fourth-order valence-corrected chi connectivity index (χ4v) is 2.38. The normalized spacial score (nSPS) is 12.7. The van der Waals surface area contributed by atoms with Crippen LogP contribution in [0.25, 0.3) is 0 Å². The first-order valence-corrected chi connectivity index (χ1v) is 7.66. The Morgan fingerprint density at radius 3 is 2.72 bits per heavy atom. The molecular formula is C14H13Cl2N5O4. The van der Waals surface area contributed by atoms with E-state index in [4.69, 9.17) is 33.8 Å². The molecule has 9 nitrogen and oxygen atoms in total. The average Bonchev–Trinajstić information content (AvgIpc) is 2.93. The summed E-state index contributed by atoms with van der Waals surface area (Å²) in [5.74, 6) is -0.921. The summed E-state index contributed by atoms with van der Waals surface area (Å²) >= 11 is 11.8. The minimum absolute atomic E-state index is 0.121. The summed E-state index contributed by atoms with van der Waals surface area (Å²) < 4.78 is 1.12. The summed E-state index contributed by atoms with van der Waals surface area (Å²) in [4.78, 5) is 27.1. The van der Waals surface area contributed by atoms with Gasteiger partial charge in [0.15, 0.2) is 5.84 Å². The third-order valence-corrected chi connectivity index (χ3v) is 3.81. The molecule has 2 aromatic rings. The van der Waals surface area contributed by atoms with E-state index in [1.807, 2.05) is 0 Å². The number of hydrogen-bond acceptors (Lipinski definition) is 6. The van der Waals surface area contributed by atoms with Crippen LogP contribution in [0, 0.1) is 17.0 Å². The molecule has 0 amide bonds. The molecule has 0 bridgehead atoms. The van der Waals surface area contributed by atoms with Crippen LogP contribution in [0.15, 0.2) is 29.6 Å². The number of aryl methyl sites for hydroxylation is 1. The first-order chi connectivity index (χ1) is 11.7. The molecular weight excluding hydrogens is 373 g/mol. The second kappa shape index (κ2) is 7.49. The monoisotopic (exact) mass is 385 g/mol. The molecule has 1 unspecified atom stereocenters. The van der Waals surface area contributed by atoms with Crippen molar-refractivity contribution in [3.8, 4) is 0 Å². The van der Waals surface area contributed by atoms with Crippen LogP contribution in [-0.2, 0) is 9.63 Å². The van der Waals surface area contributed by atoms with Gasteiger partial charge in [0.05, 0.1) is 9.95 Å². The number of carbonyl (C=O) groups excluding carboxylic acids is 1. The van der Waals surface area contributed by atoms with E-state index in [1.165, 1.54) is 26.0 Å². The first kappa shape index (κ1) is 18.7. The van der Waals surface area contributed by atoms with Crippen molar-refractivity contribution in [3.05, 3.63) is 55.8 Å². The van der Waals surface area contributed by atoms with E-state index in [2.05, 4.69) is 10.3 Å². The van der Waals surface area contributed by atoms with Gasteiger partial charge in [-0.2, -0.15) is 5.10 Å². The fourth-order valence-electron chi connectivity index (χ4n) is 1.87. The Balaban J connectivity index is 2.13. The lowest BCUT2D eigenvalue weighted by molar-refractivity contribution is -0.385. The molecule has 0 saturated carbocycles. The second-order valence-corrected chi connectivity index (χ2v) is 5.87. The molecule has 132 valence electrons. The van der Waals surface area contributed by atoms with Crippen molar-refractivity contribution < 1.29 is 14.6 Å². The van der Waals surface area contributed by atoms with Crippen molar-refractivity contribution in [2.24, 2.45) is 10.9 Å². The molecule has 11 heteroatoms. The van der Waals surface area contributed by atoms with E-state index in [9.17, 15) is 14.9 Å². The van der Waals surface area contributed by atoms with E-state index in [-0.39, 0.29) is 22.2 Å². The number of nitrogens with two attached hydrogens (primary N) is 1. The molecule has 0 aliphatic rings. The fraction of sp³-hybridized carbons (Fsp3) is 0.214. The van der Waals surface area contributed by atoms with Crippen molar-refractivity contribution in [3.63, 3.8) is 0 Å². The number of aromatic nitrogens is 2. The van der Waals surface area contributed by atoms with E-state index in [1.54, 1.807) is 6.07 Å². The number of benzene rings is 1. The number of rotatable bonds is 5. The zero-order valence-electron chi connectivity index (χ0n) is 13.1. The van der Waals surface area contributed by atoms with Gasteiger partial charge in [-0.25, -0.2) is 4.79 Å². The molecule has 0 fully saturated rings. The third-order valence-electron chi connectivity index (χ3n) is 3.27. The summed E-state index contributed by atoms with van der Waals surface area (Å²) in [6, 6.07) is 3.61. The Kier molecular flexibility index (Phi) is 5.60. The number of hydrogen-bond donors (Lipinski definition) is 1. The Labute approximate surface area is 152 Å². The van der Waals surface area contributed by atoms with E-state index in [0.717, 1.165) is 10.9 Å². The van der Waals surface area contributed by atoms with Crippen LogP contribution < -0.4 is 5.73 Å². The van der Waals surface area contributed by atoms with Crippen molar-refractivity contribution >= 4 is 40.7 Å². The molecule has 1 aromatic heterocycles. The van der Waals surface area contributed by atoms with Crippen LogP contribution in [-0.4, -0.2) is 26.5 Å². The Morgan fingerprint density at radius 2 is 2.16 bits per heavy atom. The van der Waals surface area contributed by atoms with E-state index >= 15 is 0 Å². The number of halogens is 2. The Bertz CT molecular complexity index is 865. The highest BCUT2D eigenvalue weighted by Gasteiger charge is 2.23. The number of nitro groups is 1. The lowest BCUT2D eigenvalue weighted by Gasteiger charge is -2.09. The van der Waals surface area contributed by atoms with Crippen LogP contribution in [0.5, 0.6) is 0 Å². The number of nitrogens with zero attached hydrogens (tertiary/aromatic N) is 4. The molecule has 0 saturated heterocycles. The van der Waals surface area contributed by atoms with Gasteiger partial charge in [0.25, 0.3) is 0 Å². The average molecular weight is 386 g/mol. The quantitative estimate of drug-likeness (QED) is 0.277. The molecule has 0 aliphatic heterocycles. The molecule has 0 spiro atoms. The van der Waals surface area contributed by atoms with Gasteiger partial charge in [0.2, 0.25) is 0 Å². The SMILES string of the molecule is Cc1nn(C(C)C(=O)O/N=C(\N)c2ccc(Cl)cc2Cl)cc1[N+](=O)[O-]. The van der Waals surface area contributed by atoms with Crippen LogP contribution in [0.1, 0.15) is 24.2 Å². The predicted octanol–water partition coefficient (Wildman–Crippen LogP) is 2.83. The van der Waals surface area contributed by atoms with Crippen LogP contribution in [0.3, 0.4) is 0 Å². The highest BCUT2D eigenvalue weighted by Crippen LogP contribution is 2.21. The lowest BCUT2D eigenvalue weighted by atomic mass is 10.2. The van der Waals surface area contributed by atoms with Gasteiger partial charge >= 0.3 is 11.7 Å². The molecule has 0 aliphatic carbocycles. The Hall–Kier alpha value is -2.65. The molecule has 2 rings (SSSR count). The lowest BCUT2D eigenvalue weighted by Crippen LogP contribution is -2.21. The number of carbonyl (C=O) groups is 1. The van der Waals surface area contributed by atoms with E-state index < -0.39 is 16.9 Å². The number of amidine groups is 1. The minimum atomic E-state index is -0.940. The maximum absolute atomic E-state index is 12.0. The zero-order chi connectivity index (χ0) is 18.7. The molecule has 1 aromatic carbocycles. The van der Waals surface area contributed by atoms with Gasteiger partial charge in [0, 0.05) is 10.6 Å². The Morgan fingerprint density at radius 1 is 1.48 bits per heavy atom. The standard InChI is InChI=1S/C14H13Cl2N5O4/c1-7-12(21(23)24)6-20(18-7)8(2)14(22)25-19-13(17)10-4-3-9(15)5-11(10)16/h3-6,8H,1-2H3,(H2,17,19). The first-order valence-electron chi connectivity index (χ1n) is 6.90. The molecule has 1 atom stereocenters. The molecule has 1 heterocycles. The van der Waals surface area contributed by atoms with Gasteiger partial charge in [-0.05, 0) is 32.0 Å². The largest absolute Gasteiger partial charge is 0.380 e. The molecule has 25 heavy (non-hydrogen) atoms. The zero-order valence-corrected chi connectivity index (χ0v) is 14.7. The van der Waals surface area contributed by atoms with Crippen LogP contribution >= 0.6 is 23.2 Å². The van der Waals surface area contributed by atoms with Gasteiger partial charge in [-0.15, -0.1) is 0 Å². The van der Waals surface area contributed by atoms with Crippen LogP contribution in [0.4, 0.5) is 5.69 Å². The van der Waals surface area contributed by atoms with Gasteiger partial charge < -0.3 is 10.6 Å². The van der Waals surface area contributed by atoms with Crippen LogP contribution in [0.2, 0.25) is 10.0 Å². The highest BCUT2D eigenvalue weighted by atomic mass is 35.5. The summed E-state index contributed by atoms with van der Waals surface area (Å²) in [7, 11) is 0. The number of oxime groups is 1. The van der Waals surface area contributed by atoms with E-state index in [0.29, 0.717) is 10.6 Å². The van der Waals surface area contributed by atoms with Crippen molar-refractivity contribution in [1.29, 1.82) is 0 Å². The van der Waals surface area contributed by atoms with Gasteiger partial charge in [0.1, 0.15) is 17.9 Å². The molecule has 2 N–H and O–H groups in total. The predicted molar refractivity (Wildman–Crippen MR) is 91.6 cm³/mol. The maximum Gasteiger partial charge on any atom is 0.359 e. The van der Waals surface area contributed by atoms with Gasteiger partial charge in [-0.3, -0.25) is 14.8 Å². The van der Waals surface area contributed by atoms with Crippen molar-refractivity contribution in [2.45, 2.75) is 19.9 Å². The minimum Gasteiger partial charge on any atom is -0.380 e.